The Morgan fingerprint density at radius 3 is 2.63 bits per heavy atom. The van der Waals surface area contributed by atoms with Crippen LogP contribution in [0.25, 0.3) is 0 Å². The molecule has 1 fully saturated rings. The third kappa shape index (κ3) is 4.53. The van der Waals surface area contributed by atoms with Crippen LogP contribution in [0.1, 0.15) is 44.2 Å². The van der Waals surface area contributed by atoms with Gasteiger partial charge in [0, 0.05) is 18.8 Å². The summed E-state index contributed by atoms with van der Waals surface area (Å²) in [4.78, 5) is 0. The molecule has 1 aliphatic rings. The van der Waals surface area contributed by atoms with Gasteiger partial charge in [-0.2, -0.15) is 18.3 Å². The topological polar surface area (TPSA) is 29.9 Å². The molecule has 19 heavy (non-hydrogen) atoms. The average molecular weight is 275 g/mol. The minimum Gasteiger partial charge on any atom is -0.314 e. The van der Waals surface area contributed by atoms with Gasteiger partial charge < -0.3 is 5.32 Å². The SMILES string of the molecule is FC(F)(F)c1ccn(CCCNC2CCCCC2)n1. The number of nitrogens with one attached hydrogen (secondary N) is 1. The first kappa shape index (κ1) is 14.4. The smallest absolute Gasteiger partial charge is 0.314 e. The van der Waals surface area contributed by atoms with Crippen molar-refractivity contribution in [3.63, 3.8) is 0 Å². The maximum atomic E-state index is 12.3. The average Bonchev–Trinajstić information content (AvgIpc) is 2.85. The van der Waals surface area contributed by atoms with Crippen molar-refractivity contribution in [1.29, 1.82) is 0 Å². The van der Waals surface area contributed by atoms with Crippen LogP contribution in [0.15, 0.2) is 12.3 Å². The van der Waals surface area contributed by atoms with Crippen LogP contribution in [0.3, 0.4) is 0 Å². The fourth-order valence-electron chi connectivity index (χ4n) is 2.49. The first-order chi connectivity index (χ1) is 9.05. The summed E-state index contributed by atoms with van der Waals surface area (Å²) in [5.74, 6) is 0. The van der Waals surface area contributed by atoms with Crippen molar-refractivity contribution in [3.05, 3.63) is 18.0 Å². The summed E-state index contributed by atoms with van der Waals surface area (Å²) in [6.45, 7) is 1.36. The molecule has 0 aliphatic heterocycles. The highest BCUT2D eigenvalue weighted by atomic mass is 19.4. The summed E-state index contributed by atoms with van der Waals surface area (Å²) in [7, 11) is 0. The Bertz CT molecular complexity index is 381. The van der Waals surface area contributed by atoms with Crippen molar-refractivity contribution in [3.8, 4) is 0 Å². The second-order valence-corrected chi connectivity index (χ2v) is 5.10. The lowest BCUT2D eigenvalue weighted by atomic mass is 9.95. The van der Waals surface area contributed by atoms with E-state index in [0.717, 1.165) is 19.0 Å². The Hall–Kier alpha value is -1.04. The second-order valence-electron chi connectivity index (χ2n) is 5.10. The van der Waals surface area contributed by atoms with Crippen LogP contribution in [-0.4, -0.2) is 22.4 Å². The molecule has 6 heteroatoms. The van der Waals surface area contributed by atoms with Crippen LogP contribution in [0, 0.1) is 0 Å². The number of hydrogen-bond donors (Lipinski definition) is 1. The summed E-state index contributed by atoms with van der Waals surface area (Å²) in [5, 5.41) is 7.00. The maximum Gasteiger partial charge on any atom is 0.435 e. The molecular weight excluding hydrogens is 255 g/mol. The van der Waals surface area contributed by atoms with E-state index in [9.17, 15) is 13.2 Å². The van der Waals surface area contributed by atoms with Crippen molar-refractivity contribution < 1.29 is 13.2 Å². The van der Waals surface area contributed by atoms with E-state index in [2.05, 4.69) is 10.4 Å². The van der Waals surface area contributed by atoms with Gasteiger partial charge in [-0.25, -0.2) is 0 Å². The molecule has 2 rings (SSSR count). The zero-order valence-electron chi connectivity index (χ0n) is 10.9. The molecule has 0 radical (unpaired) electrons. The van der Waals surface area contributed by atoms with E-state index in [1.807, 2.05) is 0 Å². The quantitative estimate of drug-likeness (QED) is 0.836. The van der Waals surface area contributed by atoms with Gasteiger partial charge in [-0.15, -0.1) is 0 Å². The third-order valence-electron chi connectivity index (χ3n) is 3.53. The Labute approximate surface area is 111 Å². The van der Waals surface area contributed by atoms with Crippen molar-refractivity contribution in [1.82, 2.24) is 15.1 Å². The van der Waals surface area contributed by atoms with Gasteiger partial charge in [-0.3, -0.25) is 4.68 Å². The highest BCUT2D eigenvalue weighted by Gasteiger charge is 2.33. The van der Waals surface area contributed by atoms with E-state index in [1.54, 1.807) is 0 Å². The van der Waals surface area contributed by atoms with E-state index >= 15 is 0 Å². The number of hydrogen-bond acceptors (Lipinski definition) is 2. The summed E-state index contributed by atoms with van der Waals surface area (Å²) in [5.41, 5.74) is -0.812. The molecule has 1 aliphatic carbocycles. The number of aromatic nitrogens is 2. The van der Waals surface area contributed by atoms with Crippen LogP contribution >= 0.6 is 0 Å². The lowest BCUT2D eigenvalue weighted by Crippen LogP contribution is -2.32. The zero-order valence-corrected chi connectivity index (χ0v) is 10.9. The monoisotopic (exact) mass is 275 g/mol. The number of aryl methyl sites for hydroxylation is 1. The molecule has 0 amide bonds. The van der Waals surface area contributed by atoms with Crippen molar-refractivity contribution in [2.75, 3.05) is 6.54 Å². The molecule has 0 atom stereocenters. The predicted molar refractivity (Wildman–Crippen MR) is 66.7 cm³/mol. The normalized spacial score (nSPS) is 17.8. The molecular formula is C13H20F3N3. The van der Waals surface area contributed by atoms with Gasteiger partial charge >= 0.3 is 6.18 Å². The first-order valence-electron chi connectivity index (χ1n) is 6.90. The molecule has 1 N–H and O–H groups in total. The number of nitrogens with zero attached hydrogens (tertiary/aromatic N) is 2. The van der Waals surface area contributed by atoms with Crippen LogP contribution in [0.5, 0.6) is 0 Å². The van der Waals surface area contributed by atoms with Crippen LogP contribution in [0.4, 0.5) is 13.2 Å². The number of rotatable bonds is 5. The lowest BCUT2D eigenvalue weighted by Gasteiger charge is -2.22. The van der Waals surface area contributed by atoms with E-state index < -0.39 is 11.9 Å². The van der Waals surface area contributed by atoms with Crippen LogP contribution < -0.4 is 5.32 Å². The minimum atomic E-state index is -4.34. The van der Waals surface area contributed by atoms with Crippen LogP contribution in [0.2, 0.25) is 0 Å². The van der Waals surface area contributed by atoms with Crippen molar-refractivity contribution in [2.45, 2.75) is 57.3 Å². The Kier molecular flexibility index (Phi) is 4.85. The molecule has 1 aromatic heterocycles. The van der Waals surface area contributed by atoms with Gasteiger partial charge in [-0.05, 0) is 31.9 Å². The molecule has 1 aromatic rings. The van der Waals surface area contributed by atoms with Crippen molar-refractivity contribution in [2.24, 2.45) is 0 Å². The van der Waals surface area contributed by atoms with Crippen molar-refractivity contribution >= 4 is 0 Å². The van der Waals surface area contributed by atoms with Gasteiger partial charge in [0.1, 0.15) is 0 Å². The number of halogens is 3. The summed E-state index contributed by atoms with van der Waals surface area (Å²) >= 11 is 0. The summed E-state index contributed by atoms with van der Waals surface area (Å²) in [6.07, 6.45) is 4.19. The standard InChI is InChI=1S/C13H20F3N3/c14-13(15,16)12-7-10-19(18-12)9-4-8-17-11-5-2-1-3-6-11/h7,10-11,17H,1-6,8-9H2. The molecule has 0 saturated heterocycles. The van der Waals surface area contributed by atoms with Gasteiger partial charge in [-0.1, -0.05) is 19.3 Å². The first-order valence-corrected chi connectivity index (χ1v) is 6.90. The summed E-state index contributed by atoms with van der Waals surface area (Å²) in [6, 6.07) is 1.62. The largest absolute Gasteiger partial charge is 0.435 e. The molecule has 0 unspecified atom stereocenters. The Balaban J connectivity index is 1.66. The molecule has 0 bridgehead atoms. The van der Waals surface area contributed by atoms with E-state index in [-0.39, 0.29) is 0 Å². The maximum absolute atomic E-state index is 12.3. The van der Waals surface area contributed by atoms with E-state index in [1.165, 1.54) is 43.0 Å². The Morgan fingerprint density at radius 2 is 2.00 bits per heavy atom. The lowest BCUT2D eigenvalue weighted by molar-refractivity contribution is -0.141. The Morgan fingerprint density at radius 1 is 1.26 bits per heavy atom. The van der Waals surface area contributed by atoms with Gasteiger partial charge in [0.05, 0.1) is 0 Å². The zero-order chi connectivity index (χ0) is 13.7. The number of alkyl halides is 3. The van der Waals surface area contributed by atoms with Gasteiger partial charge in [0.15, 0.2) is 5.69 Å². The minimum absolute atomic E-state index is 0.524. The fraction of sp³-hybridized carbons (Fsp3) is 0.769. The predicted octanol–water partition coefficient (Wildman–Crippen LogP) is 3.21. The summed E-state index contributed by atoms with van der Waals surface area (Å²) < 4.78 is 38.4. The molecule has 0 aromatic carbocycles. The van der Waals surface area contributed by atoms with Gasteiger partial charge in [0.2, 0.25) is 0 Å². The molecule has 3 nitrogen and oxygen atoms in total. The second kappa shape index (κ2) is 6.41. The molecule has 108 valence electrons. The highest BCUT2D eigenvalue weighted by molar-refractivity contribution is 5.03. The third-order valence-corrected chi connectivity index (χ3v) is 3.53. The highest BCUT2D eigenvalue weighted by Crippen LogP contribution is 2.27. The molecule has 1 heterocycles. The fourth-order valence-corrected chi connectivity index (χ4v) is 2.49. The van der Waals surface area contributed by atoms with E-state index in [4.69, 9.17) is 0 Å². The molecule has 1 saturated carbocycles. The molecule has 0 spiro atoms. The van der Waals surface area contributed by atoms with Crippen LogP contribution in [-0.2, 0) is 12.7 Å². The van der Waals surface area contributed by atoms with E-state index in [0.29, 0.717) is 12.6 Å². The van der Waals surface area contributed by atoms with Gasteiger partial charge in [0.25, 0.3) is 0 Å².